The first-order chi connectivity index (χ1) is 9.87. The number of nitrogens with zero attached hydrogens (tertiary/aromatic N) is 2. The minimum atomic E-state index is -3.49. The van der Waals surface area contributed by atoms with Crippen molar-refractivity contribution in [2.75, 3.05) is 14.1 Å². The molecule has 1 unspecified atom stereocenters. The topological polar surface area (TPSA) is 54.3 Å². The van der Waals surface area contributed by atoms with E-state index >= 15 is 0 Å². The fourth-order valence-corrected chi connectivity index (χ4v) is 4.49. The van der Waals surface area contributed by atoms with Crippen LogP contribution in [0.25, 0.3) is 0 Å². The van der Waals surface area contributed by atoms with E-state index in [4.69, 9.17) is 0 Å². The molecule has 0 bridgehead atoms. The van der Waals surface area contributed by atoms with Crippen molar-refractivity contribution in [3.05, 3.63) is 40.3 Å². The summed E-state index contributed by atoms with van der Waals surface area (Å²) in [6.45, 7) is 2.54. The minimum absolute atomic E-state index is 0.178. The van der Waals surface area contributed by atoms with Crippen molar-refractivity contribution in [3.8, 4) is 0 Å². The summed E-state index contributed by atoms with van der Waals surface area (Å²) >= 11 is 1.57. The molecule has 2 heterocycles. The lowest BCUT2D eigenvalue weighted by Gasteiger charge is -2.22. The van der Waals surface area contributed by atoms with Crippen molar-refractivity contribution in [2.45, 2.75) is 24.4 Å². The number of hydrogen-bond acceptors (Lipinski definition) is 4. The molecule has 0 aliphatic carbocycles. The lowest BCUT2D eigenvalue weighted by atomic mass is 10.3. The minimum Gasteiger partial charge on any atom is -0.352 e. The van der Waals surface area contributed by atoms with Crippen molar-refractivity contribution in [1.82, 2.24) is 14.2 Å². The summed E-state index contributed by atoms with van der Waals surface area (Å²) in [5.41, 5.74) is 0.938. The Morgan fingerprint density at radius 3 is 2.76 bits per heavy atom. The van der Waals surface area contributed by atoms with Gasteiger partial charge in [0.1, 0.15) is 4.90 Å². The first-order valence-corrected chi connectivity index (χ1v) is 9.01. The van der Waals surface area contributed by atoms with Crippen LogP contribution in [-0.2, 0) is 23.6 Å². The van der Waals surface area contributed by atoms with Crippen molar-refractivity contribution in [1.29, 1.82) is 0 Å². The molecular weight excluding hydrogens is 306 g/mol. The maximum Gasteiger partial charge on any atom is 0.244 e. The maximum atomic E-state index is 12.7. The molecule has 2 aromatic heterocycles. The van der Waals surface area contributed by atoms with Gasteiger partial charge in [-0.2, -0.15) is 4.31 Å². The Labute approximate surface area is 130 Å². The van der Waals surface area contributed by atoms with Crippen LogP contribution in [0.1, 0.15) is 23.5 Å². The highest BCUT2D eigenvalue weighted by Gasteiger charge is 2.28. The first kappa shape index (κ1) is 16.2. The van der Waals surface area contributed by atoms with Crippen LogP contribution >= 0.6 is 11.3 Å². The van der Waals surface area contributed by atoms with Gasteiger partial charge in [-0.1, -0.05) is 6.07 Å². The van der Waals surface area contributed by atoms with Gasteiger partial charge in [-0.25, -0.2) is 8.42 Å². The molecule has 0 aliphatic rings. The summed E-state index contributed by atoms with van der Waals surface area (Å²) in [5, 5.41) is 4.99. The molecule has 0 aromatic carbocycles. The van der Waals surface area contributed by atoms with E-state index in [0.717, 1.165) is 10.6 Å². The van der Waals surface area contributed by atoms with E-state index in [9.17, 15) is 8.42 Å². The molecule has 0 spiro atoms. The van der Waals surface area contributed by atoms with Crippen LogP contribution < -0.4 is 5.32 Å². The van der Waals surface area contributed by atoms with E-state index in [1.807, 2.05) is 43.1 Å². The Hall–Kier alpha value is -1.15. The van der Waals surface area contributed by atoms with Gasteiger partial charge in [0.25, 0.3) is 0 Å². The summed E-state index contributed by atoms with van der Waals surface area (Å²) in [6, 6.07) is 5.44. The number of nitrogens with one attached hydrogen (secondary N) is 1. The highest BCUT2D eigenvalue weighted by molar-refractivity contribution is 7.89. The highest BCUT2D eigenvalue weighted by atomic mass is 32.2. The molecule has 0 radical (unpaired) electrons. The van der Waals surface area contributed by atoms with Gasteiger partial charge in [0.05, 0.1) is 6.04 Å². The van der Waals surface area contributed by atoms with E-state index in [2.05, 4.69) is 5.32 Å². The third-order valence-electron chi connectivity index (χ3n) is 3.62. The number of thiophene rings is 1. The highest BCUT2D eigenvalue weighted by Crippen LogP contribution is 2.29. The summed E-state index contributed by atoms with van der Waals surface area (Å²) in [7, 11) is 1.83. The fourth-order valence-electron chi connectivity index (χ4n) is 2.16. The molecule has 0 fully saturated rings. The second-order valence-electron chi connectivity index (χ2n) is 5.02. The lowest BCUT2D eigenvalue weighted by molar-refractivity contribution is 0.403. The van der Waals surface area contributed by atoms with Crippen LogP contribution in [0.4, 0.5) is 0 Å². The Morgan fingerprint density at radius 1 is 1.48 bits per heavy atom. The predicted octanol–water partition coefficient (Wildman–Crippen LogP) is 2.19. The number of sulfonamides is 1. The SMILES string of the molecule is CNCc1cc(S(=O)(=O)N(C)C(C)c2cccs2)cn1C. The zero-order valence-electron chi connectivity index (χ0n) is 12.7. The molecular formula is C14H21N3O2S2. The van der Waals surface area contributed by atoms with Gasteiger partial charge in [-0.05, 0) is 31.5 Å². The normalized spacial score (nSPS) is 13.8. The predicted molar refractivity (Wildman–Crippen MR) is 85.9 cm³/mol. The Bertz CT molecular complexity index is 690. The number of aromatic nitrogens is 1. The lowest BCUT2D eigenvalue weighted by Crippen LogP contribution is -2.29. The zero-order valence-corrected chi connectivity index (χ0v) is 14.3. The van der Waals surface area contributed by atoms with E-state index in [1.54, 1.807) is 30.6 Å². The Kier molecular flexibility index (Phi) is 4.88. The van der Waals surface area contributed by atoms with Crippen molar-refractivity contribution in [2.24, 2.45) is 7.05 Å². The second kappa shape index (κ2) is 6.31. The molecule has 21 heavy (non-hydrogen) atoms. The van der Waals surface area contributed by atoms with Crippen LogP contribution in [0.15, 0.2) is 34.7 Å². The Balaban J connectivity index is 2.31. The van der Waals surface area contributed by atoms with Gasteiger partial charge >= 0.3 is 0 Å². The fraction of sp³-hybridized carbons (Fsp3) is 0.429. The quantitative estimate of drug-likeness (QED) is 0.885. The molecule has 1 N–H and O–H groups in total. The van der Waals surface area contributed by atoms with Gasteiger partial charge in [-0.3, -0.25) is 0 Å². The summed E-state index contributed by atoms with van der Waals surface area (Å²) in [5.74, 6) is 0. The third-order valence-corrected chi connectivity index (χ3v) is 6.55. The van der Waals surface area contributed by atoms with Crippen LogP contribution in [0.2, 0.25) is 0 Å². The van der Waals surface area contributed by atoms with Gasteiger partial charge < -0.3 is 9.88 Å². The number of rotatable bonds is 6. The largest absolute Gasteiger partial charge is 0.352 e. The first-order valence-electron chi connectivity index (χ1n) is 6.69. The van der Waals surface area contributed by atoms with Crippen molar-refractivity contribution < 1.29 is 8.42 Å². The molecule has 2 rings (SSSR count). The maximum absolute atomic E-state index is 12.7. The van der Waals surface area contributed by atoms with Gasteiger partial charge in [0, 0.05) is 37.4 Å². The van der Waals surface area contributed by atoms with E-state index in [0.29, 0.717) is 11.4 Å². The molecule has 5 nitrogen and oxygen atoms in total. The molecule has 1 atom stereocenters. The molecule has 0 saturated heterocycles. The monoisotopic (exact) mass is 327 g/mol. The molecule has 116 valence electrons. The van der Waals surface area contributed by atoms with Gasteiger partial charge in [0.15, 0.2) is 0 Å². The number of aryl methyl sites for hydroxylation is 1. The molecule has 0 amide bonds. The zero-order chi connectivity index (χ0) is 15.6. The van der Waals surface area contributed by atoms with Crippen molar-refractivity contribution in [3.63, 3.8) is 0 Å². The standard InChI is InChI=1S/C14H21N3O2S2/c1-11(14-6-5-7-20-14)17(4)21(18,19)13-8-12(9-15-2)16(3)10-13/h5-8,10-11,15H,9H2,1-4H3. The Morgan fingerprint density at radius 2 is 2.19 bits per heavy atom. The molecule has 0 aliphatic heterocycles. The smallest absolute Gasteiger partial charge is 0.244 e. The van der Waals surface area contributed by atoms with E-state index in [1.165, 1.54) is 4.31 Å². The summed E-state index contributed by atoms with van der Waals surface area (Å²) in [6.07, 6.45) is 1.67. The summed E-state index contributed by atoms with van der Waals surface area (Å²) < 4.78 is 28.7. The molecule has 2 aromatic rings. The molecule has 7 heteroatoms. The second-order valence-corrected chi connectivity index (χ2v) is 8.00. The van der Waals surface area contributed by atoms with Gasteiger partial charge in [0.2, 0.25) is 10.0 Å². The van der Waals surface area contributed by atoms with Crippen LogP contribution in [-0.4, -0.2) is 31.4 Å². The third kappa shape index (κ3) is 3.21. The average Bonchev–Trinajstić information content (AvgIpc) is 3.08. The van der Waals surface area contributed by atoms with Crippen LogP contribution in [0.3, 0.4) is 0 Å². The average molecular weight is 327 g/mol. The van der Waals surface area contributed by atoms with Crippen LogP contribution in [0.5, 0.6) is 0 Å². The molecule has 0 saturated carbocycles. The number of hydrogen-bond donors (Lipinski definition) is 1. The van der Waals surface area contributed by atoms with E-state index < -0.39 is 10.0 Å². The van der Waals surface area contributed by atoms with Crippen molar-refractivity contribution >= 4 is 21.4 Å². The van der Waals surface area contributed by atoms with E-state index in [-0.39, 0.29) is 6.04 Å². The van der Waals surface area contributed by atoms with Crippen LogP contribution in [0, 0.1) is 0 Å². The summed E-state index contributed by atoms with van der Waals surface area (Å²) in [4.78, 5) is 1.37. The van der Waals surface area contributed by atoms with Gasteiger partial charge in [-0.15, -0.1) is 11.3 Å².